The fourth-order valence-electron chi connectivity index (χ4n) is 1.72. The maximum absolute atomic E-state index is 7.56. The van der Waals surface area contributed by atoms with Gasteiger partial charge in [-0.3, -0.25) is 5.41 Å². The van der Waals surface area contributed by atoms with E-state index in [1.54, 1.807) is 30.3 Å². The van der Waals surface area contributed by atoms with Crippen LogP contribution < -0.4 is 15.2 Å². The molecule has 0 bridgehead atoms. The van der Waals surface area contributed by atoms with E-state index in [-0.39, 0.29) is 5.84 Å². The van der Waals surface area contributed by atoms with E-state index in [1.807, 2.05) is 19.1 Å². The lowest BCUT2D eigenvalue weighted by Crippen LogP contribution is -2.12. The third kappa shape index (κ3) is 3.42. The van der Waals surface area contributed by atoms with Gasteiger partial charge in [0.2, 0.25) is 0 Å². The molecule has 0 aliphatic carbocycles. The molecule has 2 aromatic rings. The summed E-state index contributed by atoms with van der Waals surface area (Å²) in [5, 5.41) is 8.07. The van der Waals surface area contributed by atoms with Crippen molar-refractivity contribution in [3.05, 3.63) is 53.1 Å². The van der Waals surface area contributed by atoms with Gasteiger partial charge in [0, 0.05) is 11.1 Å². The summed E-state index contributed by atoms with van der Waals surface area (Å²) in [6.45, 7) is 2.50. The van der Waals surface area contributed by atoms with Gasteiger partial charge >= 0.3 is 0 Å². The Hall–Kier alpha value is -2.20. The van der Waals surface area contributed by atoms with E-state index in [0.717, 1.165) is 5.75 Å². The molecule has 0 amide bonds. The molecule has 20 heavy (non-hydrogen) atoms. The van der Waals surface area contributed by atoms with Crippen molar-refractivity contribution in [3.63, 3.8) is 0 Å². The number of rotatable bonds is 5. The van der Waals surface area contributed by atoms with Crippen molar-refractivity contribution in [1.82, 2.24) is 0 Å². The smallest absolute Gasteiger partial charge is 0.138 e. The topological polar surface area (TPSA) is 68.3 Å². The molecule has 0 aliphatic rings. The summed E-state index contributed by atoms with van der Waals surface area (Å²) in [6.07, 6.45) is 0. The molecule has 0 saturated heterocycles. The Labute approximate surface area is 122 Å². The van der Waals surface area contributed by atoms with Gasteiger partial charge in [0.1, 0.15) is 23.1 Å². The van der Waals surface area contributed by atoms with Gasteiger partial charge in [-0.2, -0.15) is 0 Å². The van der Waals surface area contributed by atoms with Crippen molar-refractivity contribution in [2.24, 2.45) is 5.73 Å². The van der Waals surface area contributed by atoms with Crippen LogP contribution in [0.15, 0.2) is 42.5 Å². The van der Waals surface area contributed by atoms with E-state index in [9.17, 15) is 0 Å². The van der Waals surface area contributed by atoms with Crippen LogP contribution in [0.25, 0.3) is 0 Å². The molecule has 0 saturated carbocycles. The fourth-order valence-corrected chi connectivity index (χ4v) is 1.89. The van der Waals surface area contributed by atoms with Gasteiger partial charge in [0.25, 0.3) is 0 Å². The number of benzene rings is 2. The number of nitrogens with one attached hydrogen (secondary N) is 1. The predicted molar refractivity (Wildman–Crippen MR) is 80.2 cm³/mol. The molecule has 4 nitrogen and oxygen atoms in total. The Morgan fingerprint density at radius 3 is 2.65 bits per heavy atom. The van der Waals surface area contributed by atoms with Crippen molar-refractivity contribution < 1.29 is 9.47 Å². The van der Waals surface area contributed by atoms with E-state index in [1.165, 1.54) is 0 Å². The molecule has 0 aliphatic heterocycles. The number of nitrogen functional groups attached to an aromatic ring is 1. The first kappa shape index (κ1) is 14.2. The molecule has 0 spiro atoms. The zero-order valence-electron chi connectivity index (χ0n) is 11.0. The molecule has 0 unspecified atom stereocenters. The Morgan fingerprint density at radius 1 is 1.20 bits per heavy atom. The van der Waals surface area contributed by atoms with Crippen LogP contribution in [0.5, 0.6) is 17.2 Å². The summed E-state index contributed by atoms with van der Waals surface area (Å²) < 4.78 is 11.2. The van der Waals surface area contributed by atoms with Gasteiger partial charge in [0.15, 0.2) is 0 Å². The van der Waals surface area contributed by atoms with Crippen molar-refractivity contribution in [1.29, 1.82) is 5.41 Å². The minimum absolute atomic E-state index is 0.0940. The van der Waals surface area contributed by atoms with Crippen LogP contribution in [-0.2, 0) is 0 Å². The lowest BCUT2D eigenvalue weighted by molar-refractivity contribution is 0.338. The van der Waals surface area contributed by atoms with Gasteiger partial charge in [-0.15, -0.1) is 0 Å². The molecular weight excluding hydrogens is 276 g/mol. The number of halogens is 1. The lowest BCUT2D eigenvalue weighted by Gasteiger charge is -2.11. The third-order valence-corrected chi connectivity index (χ3v) is 2.81. The average molecular weight is 291 g/mol. The Bertz CT molecular complexity index is 629. The Kier molecular flexibility index (Phi) is 4.48. The summed E-state index contributed by atoms with van der Waals surface area (Å²) in [4.78, 5) is 0. The predicted octanol–water partition coefficient (Wildman–Crippen LogP) is 3.82. The molecule has 104 valence electrons. The maximum atomic E-state index is 7.56. The first-order chi connectivity index (χ1) is 9.60. The highest BCUT2D eigenvalue weighted by atomic mass is 35.5. The zero-order valence-corrected chi connectivity index (χ0v) is 11.8. The number of hydrogen-bond donors (Lipinski definition) is 2. The molecule has 0 fully saturated rings. The molecule has 0 atom stereocenters. The van der Waals surface area contributed by atoms with Crippen LogP contribution >= 0.6 is 11.6 Å². The largest absolute Gasteiger partial charge is 0.494 e. The molecular formula is C15H15ClN2O2. The minimum atomic E-state index is -0.0940. The standard InChI is InChI=1S/C15H15ClN2O2/c1-2-19-11-4-3-5-12(9-11)20-14-7-6-10(16)8-13(14)15(17)18/h3-9H,2H2,1H3,(H3,17,18). The van der Waals surface area contributed by atoms with Crippen LogP contribution in [0, 0.1) is 5.41 Å². The second-order valence-corrected chi connectivity index (χ2v) is 4.50. The van der Waals surface area contributed by atoms with Crippen LogP contribution in [0.1, 0.15) is 12.5 Å². The summed E-state index contributed by atoms with van der Waals surface area (Å²) in [5.74, 6) is 1.73. The third-order valence-electron chi connectivity index (χ3n) is 2.58. The number of hydrogen-bond acceptors (Lipinski definition) is 3. The molecule has 0 radical (unpaired) electrons. The number of amidine groups is 1. The summed E-state index contributed by atoms with van der Waals surface area (Å²) in [5.41, 5.74) is 5.99. The zero-order chi connectivity index (χ0) is 14.5. The van der Waals surface area contributed by atoms with Crippen molar-refractivity contribution in [2.75, 3.05) is 6.61 Å². The SMILES string of the molecule is CCOc1cccc(Oc2ccc(Cl)cc2C(=N)N)c1. The highest BCUT2D eigenvalue weighted by Crippen LogP contribution is 2.29. The maximum Gasteiger partial charge on any atom is 0.138 e. The first-order valence-corrected chi connectivity index (χ1v) is 6.52. The second kappa shape index (κ2) is 6.30. The highest BCUT2D eigenvalue weighted by molar-refractivity contribution is 6.31. The first-order valence-electron chi connectivity index (χ1n) is 6.15. The van der Waals surface area contributed by atoms with Crippen molar-refractivity contribution in [3.8, 4) is 17.2 Å². The molecule has 2 rings (SSSR count). The number of nitrogens with two attached hydrogens (primary N) is 1. The Balaban J connectivity index is 2.30. The van der Waals surface area contributed by atoms with Gasteiger partial charge in [-0.1, -0.05) is 17.7 Å². The van der Waals surface area contributed by atoms with Crippen LogP contribution in [-0.4, -0.2) is 12.4 Å². The lowest BCUT2D eigenvalue weighted by atomic mass is 10.2. The summed E-state index contributed by atoms with van der Waals surface area (Å²) in [7, 11) is 0. The molecule has 5 heteroatoms. The van der Waals surface area contributed by atoms with Gasteiger partial charge in [-0.25, -0.2) is 0 Å². The van der Waals surface area contributed by atoms with E-state index >= 15 is 0 Å². The summed E-state index contributed by atoms with van der Waals surface area (Å²) >= 11 is 5.90. The Morgan fingerprint density at radius 2 is 1.95 bits per heavy atom. The van der Waals surface area contributed by atoms with E-state index in [4.69, 9.17) is 32.2 Å². The second-order valence-electron chi connectivity index (χ2n) is 4.06. The summed E-state index contributed by atoms with van der Waals surface area (Å²) in [6, 6.07) is 12.3. The monoisotopic (exact) mass is 290 g/mol. The van der Waals surface area contributed by atoms with Crippen LogP contribution in [0.4, 0.5) is 0 Å². The van der Waals surface area contributed by atoms with Crippen LogP contribution in [0.2, 0.25) is 5.02 Å². The van der Waals surface area contributed by atoms with Gasteiger partial charge < -0.3 is 15.2 Å². The van der Waals surface area contributed by atoms with E-state index < -0.39 is 0 Å². The molecule has 2 aromatic carbocycles. The number of ether oxygens (including phenoxy) is 2. The highest BCUT2D eigenvalue weighted by Gasteiger charge is 2.09. The van der Waals surface area contributed by atoms with E-state index in [2.05, 4.69) is 0 Å². The fraction of sp³-hybridized carbons (Fsp3) is 0.133. The molecule has 3 N–H and O–H groups in total. The van der Waals surface area contributed by atoms with Gasteiger partial charge in [0.05, 0.1) is 12.2 Å². The normalized spacial score (nSPS) is 10.1. The van der Waals surface area contributed by atoms with Crippen LogP contribution in [0.3, 0.4) is 0 Å². The molecule has 0 aromatic heterocycles. The minimum Gasteiger partial charge on any atom is -0.494 e. The average Bonchev–Trinajstić information content (AvgIpc) is 2.41. The quantitative estimate of drug-likeness (QED) is 0.650. The van der Waals surface area contributed by atoms with E-state index in [0.29, 0.717) is 28.7 Å². The molecule has 0 heterocycles. The van der Waals surface area contributed by atoms with Crippen molar-refractivity contribution in [2.45, 2.75) is 6.92 Å². The van der Waals surface area contributed by atoms with Crippen molar-refractivity contribution >= 4 is 17.4 Å². The van der Waals surface area contributed by atoms with Gasteiger partial charge in [-0.05, 0) is 37.3 Å².